The lowest BCUT2D eigenvalue weighted by Gasteiger charge is -2.31. The first-order valence-electron chi connectivity index (χ1n) is 13.1. The summed E-state index contributed by atoms with van der Waals surface area (Å²) in [5.41, 5.74) is 0.460. The normalized spacial score (nSPS) is 12.5. The van der Waals surface area contributed by atoms with Gasteiger partial charge in [0.25, 0.3) is 11.5 Å². The first-order valence-corrected chi connectivity index (χ1v) is 13.1. The topological polar surface area (TPSA) is 64.4 Å². The number of halogens is 3. The van der Waals surface area contributed by atoms with E-state index in [-0.39, 0.29) is 29.4 Å². The highest BCUT2D eigenvalue weighted by atomic mass is 19.4. The van der Waals surface area contributed by atoms with Gasteiger partial charge in [-0.1, -0.05) is 38.1 Å². The molecule has 1 atom stereocenters. The molecular formula is C31H32F3N3O3. The minimum Gasteiger partial charge on any atom is -0.495 e. The van der Waals surface area contributed by atoms with E-state index in [1.165, 1.54) is 28.7 Å². The van der Waals surface area contributed by atoms with Crippen molar-refractivity contribution in [1.82, 2.24) is 14.5 Å². The van der Waals surface area contributed by atoms with Gasteiger partial charge in [0.1, 0.15) is 11.6 Å². The van der Waals surface area contributed by atoms with Crippen LogP contribution in [0.15, 0.2) is 71.5 Å². The number of rotatable bonds is 8. The van der Waals surface area contributed by atoms with Gasteiger partial charge >= 0.3 is 6.18 Å². The van der Waals surface area contributed by atoms with Crippen molar-refractivity contribution >= 4 is 16.8 Å². The second-order valence-electron chi connectivity index (χ2n) is 10.2. The lowest BCUT2D eigenvalue weighted by atomic mass is 10.1. The minimum absolute atomic E-state index is 0.0896. The van der Waals surface area contributed by atoms with Crippen LogP contribution < -0.4 is 10.3 Å². The molecule has 1 aromatic heterocycles. The standard InChI is InChI=1S/C31H32F3N3O3/c1-19(2)15-16-36(29(38)22-9-8-10-23(18-22)31(32,33)34)21(4)28-35-25-12-7-6-11-24(25)30(39)37(28)26-17-20(3)13-14-27(26)40-5/h6-14,17-19,21H,15-16H2,1-5H3. The summed E-state index contributed by atoms with van der Waals surface area (Å²) in [5.74, 6) is 0.352. The second-order valence-corrected chi connectivity index (χ2v) is 10.2. The maximum Gasteiger partial charge on any atom is 0.416 e. The van der Waals surface area contributed by atoms with Gasteiger partial charge in [-0.15, -0.1) is 0 Å². The fourth-order valence-electron chi connectivity index (χ4n) is 4.64. The Bertz CT molecular complexity index is 1590. The molecule has 0 saturated carbocycles. The Morgan fingerprint density at radius 2 is 1.75 bits per heavy atom. The fourth-order valence-corrected chi connectivity index (χ4v) is 4.64. The molecule has 0 spiro atoms. The summed E-state index contributed by atoms with van der Waals surface area (Å²) < 4.78 is 47.4. The number of aryl methyl sites for hydroxylation is 1. The maximum atomic E-state index is 14.0. The number of fused-ring (bicyclic) bond motifs is 1. The molecule has 0 aliphatic carbocycles. The largest absolute Gasteiger partial charge is 0.495 e. The zero-order valence-corrected chi connectivity index (χ0v) is 23.1. The van der Waals surface area contributed by atoms with Gasteiger partial charge in [0, 0.05) is 12.1 Å². The number of aromatic nitrogens is 2. The number of hydrogen-bond donors (Lipinski definition) is 0. The maximum absolute atomic E-state index is 14.0. The Morgan fingerprint density at radius 1 is 1.02 bits per heavy atom. The highest BCUT2D eigenvalue weighted by Gasteiger charge is 2.33. The van der Waals surface area contributed by atoms with Crippen molar-refractivity contribution in [3.8, 4) is 11.4 Å². The first kappa shape index (κ1) is 28.9. The molecule has 0 saturated heterocycles. The van der Waals surface area contributed by atoms with Crippen LogP contribution >= 0.6 is 0 Å². The van der Waals surface area contributed by atoms with Gasteiger partial charge in [-0.25, -0.2) is 4.98 Å². The van der Waals surface area contributed by atoms with E-state index in [0.717, 1.165) is 17.7 Å². The quantitative estimate of drug-likeness (QED) is 0.237. The predicted molar refractivity (Wildman–Crippen MR) is 149 cm³/mol. The Balaban J connectivity index is 1.94. The van der Waals surface area contributed by atoms with Gasteiger partial charge in [-0.3, -0.25) is 14.2 Å². The molecule has 1 amide bonds. The van der Waals surface area contributed by atoms with E-state index < -0.39 is 23.7 Å². The van der Waals surface area contributed by atoms with E-state index in [2.05, 4.69) is 0 Å². The fraction of sp³-hybridized carbons (Fsp3) is 0.323. The molecule has 4 rings (SSSR count). The number of methoxy groups -OCH3 is 1. The number of benzene rings is 3. The molecule has 6 nitrogen and oxygen atoms in total. The molecule has 40 heavy (non-hydrogen) atoms. The van der Waals surface area contributed by atoms with Crippen LogP contribution in [0.5, 0.6) is 5.75 Å². The number of carbonyl (C=O) groups excluding carboxylic acids is 1. The van der Waals surface area contributed by atoms with Gasteiger partial charge < -0.3 is 9.64 Å². The smallest absolute Gasteiger partial charge is 0.416 e. The lowest BCUT2D eigenvalue weighted by molar-refractivity contribution is -0.137. The first-order chi connectivity index (χ1) is 18.9. The third kappa shape index (κ3) is 5.88. The van der Waals surface area contributed by atoms with Crippen molar-refractivity contribution in [2.24, 2.45) is 5.92 Å². The molecule has 0 N–H and O–H groups in total. The molecule has 1 unspecified atom stereocenters. The monoisotopic (exact) mass is 551 g/mol. The number of hydrogen-bond acceptors (Lipinski definition) is 4. The van der Waals surface area contributed by atoms with Crippen molar-refractivity contribution in [3.05, 3.63) is 99.6 Å². The average Bonchev–Trinajstić information content (AvgIpc) is 2.92. The summed E-state index contributed by atoms with van der Waals surface area (Å²) >= 11 is 0. The van der Waals surface area contributed by atoms with Gasteiger partial charge in [0.05, 0.1) is 35.3 Å². The molecule has 210 valence electrons. The highest BCUT2D eigenvalue weighted by Crippen LogP contribution is 2.32. The van der Waals surface area contributed by atoms with Crippen LogP contribution in [0.2, 0.25) is 0 Å². The van der Waals surface area contributed by atoms with Crippen molar-refractivity contribution in [3.63, 3.8) is 0 Å². The zero-order valence-electron chi connectivity index (χ0n) is 23.1. The van der Waals surface area contributed by atoms with E-state index in [0.29, 0.717) is 28.8 Å². The molecule has 0 fully saturated rings. The van der Waals surface area contributed by atoms with Crippen LogP contribution in [-0.4, -0.2) is 34.0 Å². The third-order valence-corrected chi connectivity index (χ3v) is 6.86. The molecule has 9 heteroatoms. The van der Waals surface area contributed by atoms with Gasteiger partial charge in [-0.2, -0.15) is 13.2 Å². The summed E-state index contributed by atoms with van der Waals surface area (Å²) in [5, 5.41) is 0.389. The molecule has 3 aromatic carbocycles. The van der Waals surface area contributed by atoms with Crippen LogP contribution in [0, 0.1) is 12.8 Å². The molecule has 4 aromatic rings. The van der Waals surface area contributed by atoms with Crippen LogP contribution in [0.25, 0.3) is 16.6 Å². The van der Waals surface area contributed by atoms with Crippen molar-refractivity contribution in [1.29, 1.82) is 0 Å². The Kier molecular flexibility index (Phi) is 8.32. The summed E-state index contributed by atoms with van der Waals surface area (Å²) in [6.45, 7) is 7.87. The Morgan fingerprint density at radius 3 is 2.42 bits per heavy atom. The number of nitrogens with zero attached hydrogens (tertiary/aromatic N) is 3. The van der Waals surface area contributed by atoms with Gasteiger partial charge in [-0.05, 0) is 74.2 Å². The summed E-state index contributed by atoms with van der Waals surface area (Å²) in [4.78, 5) is 34.1. The van der Waals surface area contributed by atoms with E-state index in [1.807, 2.05) is 26.8 Å². The number of carbonyl (C=O) groups is 1. The molecule has 0 radical (unpaired) electrons. The van der Waals surface area contributed by atoms with E-state index >= 15 is 0 Å². The summed E-state index contributed by atoms with van der Waals surface area (Å²) in [7, 11) is 1.50. The molecular weight excluding hydrogens is 519 g/mol. The highest BCUT2D eigenvalue weighted by molar-refractivity contribution is 5.94. The third-order valence-electron chi connectivity index (χ3n) is 6.86. The second kappa shape index (κ2) is 11.5. The number of ether oxygens (including phenoxy) is 1. The summed E-state index contributed by atoms with van der Waals surface area (Å²) in [6, 6.07) is 16.0. The number of amides is 1. The molecule has 0 bridgehead atoms. The van der Waals surface area contributed by atoms with E-state index in [9.17, 15) is 22.8 Å². The zero-order chi connectivity index (χ0) is 29.2. The van der Waals surface area contributed by atoms with Gasteiger partial charge in [0.2, 0.25) is 0 Å². The Hall–Kier alpha value is -4.14. The number of alkyl halides is 3. The van der Waals surface area contributed by atoms with Crippen LogP contribution in [0.4, 0.5) is 13.2 Å². The average molecular weight is 552 g/mol. The van der Waals surface area contributed by atoms with Crippen molar-refractivity contribution in [2.75, 3.05) is 13.7 Å². The molecule has 0 aliphatic rings. The van der Waals surface area contributed by atoms with Crippen LogP contribution in [-0.2, 0) is 6.18 Å². The lowest BCUT2D eigenvalue weighted by Crippen LogP contribution is -2.38. The molecule has 1 heterocycles. The minimum atomic E-state index is -4.59. The van der Waals surface area contributed by atoms with E-state index in [4.69, 9.17) is 9.72 Å². The molecule has 0 aliphatic heterocycles. The number of para-hydroxylation sites is 1. The van der Waals surface area contributed by atoms with Crippen molar-refractivity contribution in [2.45, 2.75) is 46.3 Å². The van der Waals surface area contributed by atoms with Crippen LogP contribution in [0.3, 0.4) is 0 Å². The van der Waals surface area contributed by atoms with Crippen molar-refractivity contribution < 1.29 is 22.7 Å². The summed E-state index contributed by atoms with van der Waals surface area (Å²) in [6.07, 6.45) is -3.99. The van der Waals surface area contributed by atoms with Gasteiger partial charge in [0.15, 0.2) is 0 Å². The Labute approximate surface area is 231 Å². The predicted octanol–water partition coefficient (Wildman–Crippen LogP) is 6.97. The SMILES string of the molecule is COc1ccc(C)cc1-n1c(C(C)N(CCC(C)C)C(=O)c2cccc(C(F)(F)F)c2)nc2ccccc2c1=O. The van der Waals surface area contributed by atoms with E-state index in [1.54, 1.807) is 43.3 Å². The van der Waals surface area contributed by atoms with Crippen LogP contribution in [0.1, 0.15) is 60.5 Å².